The van der Waals surface area contributed by atoms with E-state index in [4.69, 9.17) is 16.3 Å². The highest BCUT2D eigenvalue weighted by Gasteiger charge is 2.21. The van der Waals surface area contributed by atoms with E-state index < -0.39 is 11.3 Å². The lowest BCUT2D eigenvalue weighted by molar-refractivity contribution is -0.140. The Morgan fingerprint density at radius 1 is 1.58 bits per heavy atom. The fraction of sp³-hybridized carbons (Fsp3) is 0.500. The Bertz CT molecular complexity index is 438. The van der Waals surface area contributed by atoms with E-state index in [2.05, 4.69) is 16.1 Å². The normalized spacial score (nSPS) is 19.2. The van der Waals surface area contributed by atoms with Crippen molar-refractivity contribution in [3.05, 3.63) is 29.8 Å². The molecule has 1 aromatic carbocycles. The zero-order valence-corrected chi connectivity index (χ0v) is 11.7. The average molecular weight is 284 g/mol. The molecule has 104 valence electrons. The van der Waals surface area contributed by atoms with Gasteiger partial charge in [0.05, 0.1) is 13.7 Å². The highest BCUT2D eigenvalue weighted by atomic mass is 35.5. The van der Waals surface area contributed by atoms with Crippen molar-refractivity contribution >= 4 is 17.6 Å². The van der Waals surface area contributed by atoms with Crippen molar-refractivity contribution in [3.8, 4) is 5.75 Å². The summed E-state index contributed by atoms with van der Waals surface area (Å²) in [4.78, 5) is 11.2. The maximum Gasteiger partial charge on any atom is 0.325 e. The number of ether oxygens (including phenoxy) is 2. The summed E-state index contributed by atoms with van der Waals surface area (Å²) in [5.41, 5.74) is 1.21. The van der Waals surface area contributed by atoms with E-state index >= 15 is 0 Å². The van der Waals surface area contributed by atoms with Crippen LogP contribution in [0.25, 0.3) is 0 Å². The molecule has 1 heterocycles. The molecule has 1 aromatic rings. The molecule has 4 nitrogen and oxygen atoms in total. The van der Waals surface area contributed by atoms with Crippen LogP contribution in [0.15, 0.2) is 24.3 Å². The smallest absolute Gasteiger partial charge is 0.325 e. The molecule has 2 rings (SSSR count). The fourth-order valence-corrected chi connectivity index (χ4v) is 2.42. The lowest BCUT2D eigenvalue weighted by atomic mass is 9.93. The SMILES string of the molecule is COC(=O)C(Cl)CNCC1CCOc2ccccc21. The van der Waals surface area contributed by atoms with Gasteiger partial charge >= 0.3 is 5.97 Å². The van der Waals surface area contributed by atoms with Gasteiger partial charge in [-0.3, -0.25) is 4.79 Å². The molecule has 0 radical (unpaired) electrons. The van der Waals surface area contributed by atoms with Crippen molar-refractivity contribution in [2.24, 2.45) is 0 Å². The van der Waals surface area contributed by atoms with Crippen LogP contribution < -0.4 is 10.1 Å². The summed E-state index contributed by atoms with van der Waals surface area (Å²) in [6.07, 6.45) is 0.967. The molecule has 0 amide bonds. The van der Waals surface area contributed by atoms with Crippen molar-refractivity contribution in [1.29, 1.82) is 0 Å². The topological polar surface area (TPSA) is 47.6 Å². The van der Waals surface area contributed by atoms with Gasteiger partial charge in [-0.15, -0.1) is 11.6 Å². The van der Waals surface area contributed by atoms with Gasteiger partial charge in [0.15, 0.2) is 0 Å². The summed E-state index contributed by atoms with van der Waals surface area (Å²) in [5, 5.41) is 2.58. The first kappa shape index (κ1) is 14.2. The Labute approximate surface area is 118 Å². The van der Waals surface area contributed by atoms with E-state index in [1.807, 2.05) is 18.2 Å². The number of esters is 1. The van der Waals surface area contributed by atoms with Crippen LogP contribution in [0, 0.1) is 0 Å². The van der Waals surface area contributed by atoms with Gasteiger partial charge in [-0.1, -0.05) is 18.2 Å². The number of methoxy groups -OCH3 is 1. The van der Waals surface area contributed by atoms with Crippen LogP contribution in [0.4, 0.5) is 0 Å². The van der Waals surface area contributed by atoms with Crippen molar-refractivity contribution in [2.45, 2.75) is 17.7 Å². The number of para-hydroxylation sites is 1. The summed E-state index contributed by atoms with van der Waals surface area (Å²) >= 11 is 5.89. The van der Waals surface area contributed by atoms with Gasteiger partial charge in [0, 0.05) is 19.0 Å². The molecule has 2 atom stereocenters. The Balaban J connectivity index is 1.86. The number of halogens is 1. The van der Waals surface area contributed by atoms with Crippen LogP contribution in [0.5, 0.6) is 5.75 Å². The molecule has 5 heteroatoms. The molecule has 0 aliphatic carbocycles. The predicted octanol–water partition coefficient (Wildman–Crippen LogP) is 1.92. The third-order valence-corrected chi connectivity index (χ3v) is 3.59. The lowest BCUT2D eigenvalue weighted by Crippen LogP contribution is -2.33. The molecular weight excluding hydrogens is 266 g/mol. The minimum atomic E-state index is -0.639. The Morgan fingerprint density at radius 2 is 2.37 bits per heavy atom. The minimum absolute atomic E-state index is 0.395. The van der Waals surface area contributed by atoms with Gasteiger partial charge in [0.2, 0.25) is 0 Å². The first-order valence-corrected chi connectivity index (χ1v) is 6.80. The van der Waals surface area contributed by atoms with Crippen LogP contribution in [0.2, 0.25) is 0 Å². The maximum atomic E-state index is 11.2. The number of hydrogen-bond donors (Lipinski definition) is 1. The van der Waals surface area contributed by atoms with Gasteiger partial charge in [-0.05, 0) is 18.1 Å². The number of benzene rings is 1. The molecule has 1 aliphatic rings. The average Bonchev–Trinajstić information content (AvgIpc) is 2.46. The molecule has 2 unspecified atom stereocenters. The van der Waals surface area contributed by atoms with Gasteiger partial charge < -0.3 is 14.8 Å². The van der Waals surface area contributed by atoms with E-state index in [0.29, 0.717) is 12.5 Å². The molecule has 1 N–H and O–H groups in total. The second-order valence-electron chi connectivity index (χ2n) is 4.52. The highest BCUT2D eigenvalue weighted by molar-refractivity contribution is 6.30. The van der Waals surface area contributed by atoms with Crippen LogP contribution >= 0.6 is 11.6 Å². The number of rotatable bonds is 5. The molecule has 0 saturated heterocycles. The summed E-state index contributed by atoms with van der Waals surface area (Å²) in [5.74, 6) is 0.948. The lowest BCUT2D eigenvalue weighted by Gasteiger charge is -2.26. The Kier molecular flexibility index (Phi) is 5.05. The number of fused-ring (bicyclic) bond motifs is 1. The third-order valence-electron chi connectivity index (χ3n) is 3.25. The largest absolute Gasteiger partial charge is 0.493 e. The summed E-state index contributed by atoms with van der Waals surface area (Å²) in [6, 6.07) is 8.06. The standard InChI is InChI=1S/C14H18ClNO3/c1-18-14(17)12(15)9-16-8-10-6-7-19-13-5-3-2-4-11(10)13/h2-5,10,12,16H,6-9H2,1H3. The summed E-state index contributed by atoms with van der Waals surface area (Å²) in [7, 11) is 1.34. The molecule has 0 aromatic heterocycles. The zero-order valence-electron chi connectivity index (χ0n) is 10.9. The second kappa shape index (κ2) is 6.78. The van der Waals surface area contributed by atoms with Crippen LogP contribution in [-0.2, 0) is 9.53 Å². The number of carbonyl (C=O) groups is 1. The molecule has 1 aliphatic heterocycles. The Hall–Kier alpha value is -1.26. The van der Waals surface area contributed by atoms with Gasteiger partial charge in [-0.25, -0.2) is 0 Å². The minimum Gasteiger partial charge on any atom is -0.493 e. The van der Waals surface area contributed by atoms with E-state index in [9.17, 15) is 4.79 Å². The molecule has 0 bridgehead atoms. The molecule has 0 saturated carbocycles. The zero-order chi connectivity index (χ0) is 13.7. The second-order valence-corrected chi connectivity index (χ2v) is 5.05. The molecular formula is C14H18ClNO3. The number of carbonyl (C=O) groups excluding carboxylic acids is 1. The van der Waals surface area contributed by atoms with Crippen molar-refractivity contribution in [3.63, 3.8) is 0 Å². The fourth-order valence-electron chi connectivity index (χ4n) is 2.22. The van der Waals surface area contributed by atoms with Crippen LogP contribution in [0.3, 0.4) is 0 Å². The third kappa shape index (κ3) is 3.61. The van der Waals surface area contributed by atoms with Crippen LogP contribution in [0.1, 0.15) is 17.9 Å². The molecule has 0 spiro atoms. The van der Waals surface area contributed by atoms with Gasteiger partial charge in [0.25, 0.3) is 0 Å². The quantitative estimate of drug-likeness (QED) is 0.663. The number of hydrogen-bond acceptors (Lipinski definition) is 4. The van der Waals surface area contributed by atoms with Crippen molar-refractivity contribution < 1.29 is 14.3 Å². The maximum absolute atomic E-state index is 11.2. The Morgan fingerprint density at radius 3 is 3.16 bits per heavy atom. The van der Waals surface area contributed by atoms with Crippen molar-refractivity contribution in [2.75, 3.05) is 26.8 Å². The van der Waals surface area contributed by atoms with Gasteiger partial charge in [0.1, 0.15) is 11.1 Å². The van der Waals surface area contributed by atoms with E-state index in [0.717, 1.165) is 25.3 Å². The highest BCUT2D eigenvalue weighted by Crippen LogP contribution is 2.32. The first-order chi connectivity index (χ1) is 9.22. The molecule has 19 heavy (non-hydrogen) atoms. The number of nitrogens with one attached hydrogen (secondary N) is 1. The summed E-state index contributed by atoms with van der Waals surface area (Å²) in [6.45, 7) is 1.92. The van der Waals surface area contributed by atoms with E-state index in [1.165, 1.54) is 12.7 Å². The van der Waals surface area contributed by atoms with Gasteiger partial charge in [-0.2, -0.15) is 0 Å². The van der Waals surface area contributed by atoms with Crippen molar-refractivity contribution in [1.82, 2.24) is 5.32 Å². The van der Waals surface area contributed by atoms with Crippen LogP contribution in [-0.4, -0.2) is 38.2 Å². The molecule has 0 fully saturated rings. The van der Waals surface area contributed by atoms with E-state index in [-0.39, 0.29) is 0 Å². The predicted molar refractivity (Wildman–Crippen MR) is 73.8 cm³/mol. The number of alkyl halides is 1. The van der Waals surface area contributed by atoms with E-state index in [1.54, 1.807) is 0 Å². The first-order valence-electron chi connectivity index (χ1n) is 6.36. The summed E-state index contributed by atoms with van der Waals surface area (Å²) < 4.78 is 10.2. The monoisotopic (exact) mass is 283 g/mol.